The van der Waals surface area contributed by atoms with Gasteiger partial charge in [0.2, 0.25) is 0 Å². The molecule has 194 valence electrons. The van der Waals surface area contributed by atoms with Gasteiger partial charge in [-0.15, -0.1) is 0 Å². The summed E-state index contributed by atoms with van der Waals surface area (Å²) in [4.78, 5) is 27.1. The molecular formula is C31H34BrNO4. The summed E-state index contributed by atoms with van der Waals surface area (Å²) in [5.74, 6) is 1.03. The van der Waals surface area contributed by atoms with E-state index in [0.717, 1.165) is 51.0 Å². The SMILES string of the molecule is COc1cc(C2C3=C(CC(C)(C)CC3=O)NC3=C2C(=O)CC(C)(C)C3)ccc1OCc1ccccc1Br. The monoisotopic (exact) mass is 563 g/mol. The smallest absolute Gasteiger partial charge is 0.162 e. The second kappa shape index (κ2) is 9.46. The van der Waals surface area contributed by atoms with E-state index in [1.54, 1.807) is 7.11 Å². The Hall–Kier alpha value is -2.86. The summed E-state index contributed by atoms with van der Waals surface area (Å²) in [7, 11) is 1.62. The number of benzene rings is 2. The van der Waals surface area contributed by atoms with Crippen LogP contribution in [-0.2, 0) is 16.2 Å². The molecule has 2 aliphatic carbocycles. The molecule has 0 unspecified atom stereocenters. The molecule has 2 aromatic rings. The molecule has 2 aromatic carbocycles. The number of halogens is 1. The van der Waals surface area contributed by atoms with Crippen LogP contribution in [0.25, 0.3) is 0 Å². The van der Waals surface area contributed by atoms with Gasteiger partial charge in [0.05, 0.1) is 7.11 Å². The average molecular weight is 565 g/mol. The van der Waals surface area contributed by atoms with Crippen LogP contribution in [0, 0.1) is 10.8 Å². The third kappa shape index (κ3) is 5.00. The van der Waals surface area contributed by atoms with Crippen molar-refractivity contribution < 1.29 is 19.1 Å². The van der Waals surface area contributed by atoms with Gasteiger partial charge in [0, 0.05) is 51.3 Å². The van der Waals surface area contributed by atoms with Crippen molar-refractivity contribution in [3.05, 3.63) is 80.6 Å². The fourth-order valence-corrected chi connectivity index (χ4v) is 6.38. The number of ketones is 2. The Kier molecular flexibility index (Phi) is 6.59. The van der Waals surface area contributed by atoms with Crippen molar-refractivity contribution in [3.63, 3.8) is 0 Å². The fraction of sp³-hybridized carbons (Fsp3) is 0.419. The van der Waals surface area contributed by atoms with Crippen molar-refractivity contribution in [1.82, 2.24) is 5.32 Å². The largest absolute Gasteiger partial charge is 0.493 e. The molecule has 0 radical (unpaired) electrons. The van der Waals surface area contributed by atoms with Gasteiger partial charge >= 0.3 is 0 Å². The molecule has 6 heteroatoms. The third-order valence-electron chi connectivity index (χ3n) is 7.58. The van der Waals surface area contributed by atoms with Crippen LogP contribution < -0.4 is 14.8 Å². The Bertz CT molecular complexity index is 1300. The van der Waals surface area contributed by atoms with Crippen LogP contribution in [0.4, 0.5) is 0 Å². The molecule has 1 heterocycles. The van der Waals surface area contributed by atoms with E-state index in [2.05, 4.69) is 48.9 Å². The second-order valence-corrected chi connectivity index (χ2v) is 12.9. The quantitative estimate of drug-likeness (QED) is 0.423. The zero-order valence-corrected chi connectivity index (χ0v) is 23.8. The molecule has 0 amide bonds. The summed E-state index contributed by atoms with van der Waals surface area (Å²) in [6.07, 6.45) is 2.49. The molecule has 1 aliphatic heterocycles. The molecule has 0 spiro atoms. The van der Waals surface area contributed by atoms with Gasteiger partial charge in [0.1, 0.15) is 6.61 Å². The number of methoxy groups -OCH3 is 1. The molecule has 0 bridgehead atoms. The highest BCUT2D eigenvalue weighted by Crippen LogP contribution is 2.51. The number of Topliss-reactive ketones (excluding diaryl/α,β-unsaturated/α-hetero) is 2. The predicted octanol–water partition coefficient (Wildman–Crippen LogP) is 7.01. The molecule has 1 N–H and O–H groups in total. The molecule has 0 atom stereocenters. The van der Waals surface area contributed by atoms with Crippen LogP contribution in [-0.4, -0.2) is 18.7 Å². The number of rotatable bonds is 5. The maximum absolute atomic E-state index is 13.6. The lowest BCUT2D eigenvalue weighted by Gasteiger charge is -2.44. The number of dihydropyridines is 1. The molecule has 0 aromatic heterocycles. The van der Waals surface area contributed by atoms with Crippen LogP contribution in [0.5, 0.6) is 11.5 Å². The summed E-state index contributed by atoms with van der Waals surface area (Å²) in [5, 5.41) is 3.57. The van der Waals surface area contributed by atoms with E-state index in [4.69, 9.17) is 9.47 Å². The number of carbonyl (C=O) groups excluding carboxylic acids is 2. The molecule has 3 aliphatic rings. The lowest BCUT2D eigenvalue weighted by molar-refractivity contribution is -0.119. The fourth-order valence-electron chi connectivity index (χ4n) is 5.98. The van der Waals surface area contributed by atoms with Gasteiger partial charge in [-0.25, -0.2) is 0 Å². The number of nitrogens with one attached hydrogen (secondary N) is 1. The minimum atomic E-state index is -0.398. The first kappa shape index (κ1) is 25.8. The van der Waals surface area contributed by atoms with Crippen LogP contribution >= 0.6 is 15.9 Å². The van der Waals surface area contributed by atoms with Crippen LogP contribution in [0.15, 0.2) is 69.5 Å². The van der Waals surface area contributed by atoms with E-state index in [9.17, 15) is 9.59 Å². The number of allylic oxidation sites excluding steroid dienone is 4. The highest BCUT2D eigenvalue weighted by atomic mass is 79.9. The van der Waals surface area contributed by atoms with Gasteiger partial charge < -0.3 is 14.8 Å². The maximum Gasteiger partial charge on any atom is 0.162 e. The summed E-state index contributed by atoms with van der Waals surface area (Å²) in [6, 6.07) is 13.7. The van der Waals surface area contributed by atoms with Crippen molar-refractivity contribution >= 4 is 27.5 Å². The zero-order valence-electron chi connectivity index (χ0n) is 22.2. The van der Waals surface area contributed by atoms with Crippen LogP contribution in [0.2, 0.25) is 0 Å². The van der Waals surface area contributed by atoms with Gasteiger partial charge in [-0.2, -0.15) is 0 Å². The molecule has 37 heavy (non-hydrogen) atoms. The van der Waals surface area contributed by atoms with Gasteiger partial charge in [0.15, 0.2) is 23.1 Å². The highest BCUT2D eigenvalue weighted by Gasteiger charge is 2.46. The molecule has 0 saturated carbocycles. The standard InChI is InChI=1S/C31H34BrNO4/c1-30(2)13-21-28(23(34)15-30)27(29-22(33-21)14-31(3,4)16-24(29)35)18-10-11-25(26(12-18)36-5)37-17-19-8-6-7-9-20(19)32/h6-12,27,33H,13-17H2,1-5H3. The van der Waals surface area contributed by atoms with E-state index in [1.165, 1.54) is 0 Å². The first-order chi connectivity index (χ1) is 17.5. The van der Waals surface area contributed by atoms with Crippen molar-refractivity contribution in [2.45, 2.75) is 65.9 Å². The van der Waals surface area contributed by atoms with Crippen molar-refractivity contribution in [2.24, 2.45) is 10.8 Å². The zero-order chi connectivity index (χ0) is 26.5. The van der Waals surface area contributed by atoms with E-state index < -0.39 is 5.92 Å². The molecule has 5 rings (SSSR count). The first-order valence-corrected chi connectivity index (χ1v) is 13.6. The van der Waals surface area contributed by atoms with Crippen LogP contribution in [0.1, 0.15) is 70.4 Å². The predicted molar refractivity (Wildman–Crippen MR) is 147 cm³/mol. The number of hydrogen-bond acceptors (Lipinski definition) is 5. The second-order valence-electron chi connectivity index (χ2n) is 12.0. The van der Waals surface area contributed by atoms with Crippen molar-refractivity contribution in [1.29, 1.82) is 0 Å². The molecule has 0 saturated heterocycles. The Morgan fingerprint density at radius 3 is 2.03 bits per heavy atom. The summed E-state index contributed by atoms with van der Waals surface area (Å²) >= 11 is 3.57. The Morgan fingerprint density at radius 1 is 0.865 bits per heavy atom. The van der Waals surface area contributed by atoms with Gasteiger partial charge in [-0.1, -0.05) is 67.9 Å². The maximum atomic E-state index is 13.6. The van der Waals surface area contributed by atoms with E-state index in [0.29, 0.717) is 30.9 Å². The number of hydrogen-bond donors (Lipinski definition) is 1. The summed E-state index contributed by atoms with van der Waals surface area (Å²) < 4.78 is 12.8. The Labute approximate surface area is 227 Å². The van der Waals surface area contributed by atoms with Crippen LogP contribution in [0.3, 0.4) is 0 Å². The number of carbonyl (C=O) groups is 2. The lowest BCUT2D eigenvalue weighted by Crippen LogP contribution is -2.42. The van der Waals surface area contributed by atoms with Crippen molar-refractivity contribution in [3.8, 4) is 11.5 Å². The van der Waals surface area contributed by atoms with E-state index in [1.807, 2.05) is 42.5 Å². The number of ether oxygens (including phenoxy) is 2. The molecule has 0 fully saturated rings. The molecule has 5 nitrogen and oxygen atoms in total. The minimum Gasteiger partial charge on any atom is -0.493 e. The third-order valence-corrected chi connectivity index (χ3v) is 8.35. The van der Waals surface area contributed by atoms with Gasteiger partial charge in [0.25, 0.3) is 0 Å². The highest BCUT2D eigenvalue weighted by molar-refractivity contribution is 9.10. The Balaban J connectivity index is 1.56. The van der Waals surface area contributed by atoms with Gasteiger partial charge in [-0.3, -0.25) is 9.59 Å². The van der Waals surface area contributed by atoms with E-state index in [-0.39, 0.29) is 22.4 Å². The van der Waals surface area contributed by atoms with Crippen molar-refractivity contribution in [2.75, 3.05) is 7.11 Å². The molecular weight excluding hydrogens is 530 g/mol. The lowest BCUT2D eigenvalue weighted by atomic mass is 9.64. The average Bonchev–Trinajstić information content (AvgIpc) is 2.80. The summed E-state index contributed by atoms with van der Waals surface area (Å²) in [5.41, 5.74) is 5.05. The topological polar surface area (TPSA) is 64.6 Å². The summed E-state index contributed by atoms with van der Waals surface area (Å²) in [6.45, 7) is 8.91. The first-order valence-electron chi connectivity index (χ1n) is 12.8. The van der Waals surface area contributed by atoms with E-state index >= 15 is 0 Å². The van der Waals surface area contributed by atoms with Gasteiger partial charge in [-0.05, 0) is 47.4 Å². The minimum absolute atomic E-state index is 0.112. The normalized spacial score (nSPS) is 20.8. The Morgan fingerprint density at radius 2 is 1.46 bits per heavy atom.